The zero-order valence-electron chi connectivity index (χ0n) is 12.5. The normalized spacial score (nSPS) is 14.9. The van der Waals surface area contributed by atoms with Gasteiger partial charge in [0.15, 0.2) is 0 Å². The van der Waals surface area contributed by atoms with Crippen LogP contribution in [-0.2, 0) is 4.74 Å². The third-order valence-corrected chi connectivity index (χ3v) is 3.50. The second-order valence-electron chi connectivity index (χ2n) is 4.95. The van der Waals surface area contributed by atoms with Crippen LogP contribution in [0, 0.1) is 0 Å². The Labute approximate surface area is 125 Å². The molecule has 1 saturated heterocycles. The van der Waals surface area contributed by atoms with Gasteiger partial charge in [0.25, 0.3) is 0 Å². The molecule has 0 spiro atoms. The van der Waals surface area contributed by atoms with E-state index < -0.39 is 0 Å². The topological polar surface area (TPSA) is 58.6 Å². The average Bonchev–Trinajstić information content (AvgIpc) is 2.55. The quantitative estimate of drug-likeness (QED) is 0.778. The summed E-state index contributed by atoms with van der Waals surface area (Å²) in [5.41, 5.74) is 0.913. The lowest BCUT2D eigenvalue weighted by atomic mass is 10.2. The Kier molecular flexibility index (Phi) is 5.54. The van der Waals surface area contributed by atoms with Crippen molar-refractivity contribution >= 4 is 18.0 Å². The van der Waals surface area contributed by atoms with Crippen LogP contribution in [0.2, 0.25) is 0 Å². The summed E-state index contributed by atoms with van der Waals surface area (Å²) in [6.07, 6.45) is 6.76. The first-order chi connectivity index (χ1) is 10.3. The van der Waals surface area contributed by atoms with Crippen LogP contribution in [0.4, 0.5) is 10.6 Å². The Balaban J connectivity index is 1.88. The molecule has 2 rings (SSSR count). The SMILES string of the molecule is C=Cc1cncnc1N1CCN(C(=O)OCCCC)CC1. The van der Waals surface area contributed by atoms with Gasteiger partial charge < -0.3 is 14.5 Å². The predicted octanol–water partition coefficient (Wildman–Crippen LogP) is 2.18. The maximum Gasteiger partial charge on any atom is 0.409 e. The monoisotopic (exact) mass is 290 g/mol. The molecule has 0 radical (unpaired) electrons. The number of unbranched alkanes of at least 4 members (excludes halogenated alkanes) is 1. The molecule has 0 saturated carbocycles. The first kappa shape index (κ1) is 15.3. The van der Waals surface area contributed by atoms with Crippen molar-refractivity contribution in [3.05, 3.63) is 24.7 Å². The largest absolute Gasteiger partial charge is 0.449 e. The summed E-state index contributed by atoms with van der Waals surface area (Å²) in [6, 6.07) is 0. The van der Waals surface area contributed by atoms with Gasteiger partial charge in [-0.1, -0.05) is 26.0 Å². The van der Waals surface area contributed by atoms with Crippen LogP contribution in [-0.4, -0.2) is 53.7 Å². The van der Waals surface area contributed by atoms with Crippen molar-refractivity contribution < 1.29 is 9.53 Å². The Bertz CT molecular complexity index is 484. The van der Waals surface area contributed by atoms with Crippen molar-refractivity contribution in [1.29, 1.82) is 0 Å². The average molecular weight is 290 g/mol. The fourth-order valence-electron chi connectivity index (χ4n) is 2.24. The number of piperazine rings is 1. The van der Waals surface area contributed by atoms with E-state index in [9.17, 15) is 4.79 Å². The second kappa shape index (κ2) is 7.61. The molecule has 0 aliphatic carbocycles. The molecule has 0 N–H and O–H groups in total. The number of ether oxygens (including phenoxy) is 1. The second-order valence-corrected chi connectivity index (χ2v) is 4.95. The third kappa shape index (κ3) is 3.93. The molecule has 21 heavy (non-hydrogen) atoms. The highest BCUT2D eigenvalue weighted by molar-refractivity contribution is 5.68. The molecule has 0 bridgehead atoms. The molecule has 0 atom stereocenters. The first-order valence-electron chi connectivity index (χ1n) is 7.35. The fourth-order valence-corrected chi connectivity index (χ4v) is 2.24. The molecule has 1 fully saturated rings. The van der Waals surface area contributed by atoms with E-state index in [1.807, 2.05) is 0 Å². The molecule has 1 aromatic heterocycles. The zero-order chi connectivity index (χ0) is 15.1. The number of amides is 1. The standard InChI is InChI=1S/C15H22N4O2/c1-3-5-10-21-15(20)19-8-6-18(7-9-19)14-13(4-2)11-16-12-17-14/h4,11-12H,2-3,5-10H2,1H3. The van der Waals surface area contributed by atoms with Crippen LogP contribution < -0.4 is 4.90 Å². The van der Waals surface area contributed by atoms with Gasteiger partial charge in [0, 0.05) is 37.9 Å². The summed E-state index contributed by atoms with van der Waals surface area (Å²) in [7, 11) is 0. The molecule has 6 heteroatoms. The maximum atomic E-state index is 11.9. The van der Waals surface area contributed by atoms with Crippen molar-refractivity contribution in [2.75, 3.05) is 37.7 Å². The molecular formula is C15H22N4O2. The summed E-state index contributed by atoms with van der Waals surface area (Å²) in [5, 5.41) is 0. The zero-order valence-corrected chi connectivity index (χ0v) is 12.5. The number of hydrogen-bond acceptors (Lipinski definition) is 5. The van der Waals surface area contributed by atoms with Crippen molar-refractivity contribution in [2.24, 2.45) is 0 Å². The van der Waals surface area contributed by atoms with Gasteiger partial charge in [-0.05, 0) is 6.42 Å². The van der Waals surface area contributed by atoms with Crippen molar-refractivity contribution in [3.63, 3.8) is 0 Å². The van der Waals surface area contributed by atoms with E-state index in [0.717, 1.165) is 37.3 Å². The van der Waals surface area contributed by atoms with Gasteiger partial charge in [0.2, 0.25) is 0 Å². The minimum Gasteiger partial charge on any atom is -0.449 e. The van der Waals surface area contributed by atoms with Gasteiger partial charge in [-0.25, -0.2) is 14.8 Å². The lowest BCUT2D eigenvalue weighted by Gasteiger charge is -2.35. The Hall–Kier alpha value is -2.11. The first-order valence-corrected chi connectivity index (χ1v) is 7.35. The number of carbonyl (C=O) groups is 1. The van der Waals surface area contributed by atoms with E-state index in [-0.39, 0.29) is 6.09 Å². The molecule has 6 nitrogen and oxygen atoms in total. The number of aromatic nitrogens is 2. The molecule has 1 aliphatic heterocycles. The Morgan fingerprint density at radius 1 is 1.43 bits per heavy atom. The molecule has 1 aromatic rings. The number of anilines is 1. The van der Waals surface area contributed by atoms with E-state index in [1.54, 1.807) is 17.2 Å². The van der Waals surface area contributed by atoms with Crippen LogP contribution >= 0.6 is 0 Å². The van der Waals surface area contributed by atoms with E-state index in [1.165, 1.54) is 6.33 Å². The van der Waals surface area contributed by atoms with Crippen molar-refractivity contribution in [2.45, 2.75) is 19.8 Å². The van der Waals surface area contributed by atoms with E-state index in [4.69, 9.17) is 4.74 Å². The van der Waals surface area contributed by atoms with Crippen LogP contribution in [0.5, 0.6) is 0 Å². The lowest BCUT2D eigenvalue weighted by molar-refractivity contribution is 0.0989. The summed E-state index contributed by atoms with van der Waals surface area (Å²) >= 11 is 0. The maximum absolute atomic E-state index is 11.9. The Morgan fingerprint density at radius 3 is 2.86 bits per heavy atom. The summed E-state index contributed by atoms with van der Waals surface area (Å²) in [6.45, 7) is 9.12. The van der Waals surface area contributed by atoms with Crippen LogP contribution in [0.15, 0.2) is 19.1 Å². The highest BCUT2D eigenvalue weighted by Crippen LogP contribution is 2.19. The van der Waals surface area contributed by atoms with Crippen molar-refractivity contribution in [1.82, 2.24) is 14.9 Å². The lowest BCUT2D eigenvalue weighted by Crippen LogP contribution is -2.49. The van der Waals surface area contributed by atoms with E-state index >= 15 is 0 Å². The van der Waals surface area contributed by atoms with Crippen molar-refractivity contribution in [3.8, 4) is 0 Å². The molecule has 0 aromatic carbocycles. The number of nitrogens with zero attached hydrogens (tertiary/aromatic N) is 4. The van der Waals surface area contributed by atoms with Gasteiger partial charge in [-0.15, -0.1) is 0 Å². The molecule has 0 unspecified atom stereocenters. The van der Waals surface area contributed by atoms with Crippen LogP contribution in [0.1, 0.15) is 25.3 Å². The van der Waals surface area contributed by atoms with E-state index in [0.29, 0.717) is 19.7 Å². The van der Waals surface area contributed by atoms with E-state index in [2.05, 4.69) is 28.4 Å². The van der Waals surface area contributed by atoms with Gasteiger partial charge in [0.05, 0.1) is 6.61 Å². The predicted molar refractivity (Wildman–Crippen MR) is 82.2 cm³/mol. The Morgan fingerprint density at radius 2 is 2.19 bits per heavy atom. The van der Waals surface area contributed by atoms with Gasteiger partial charge in [-0.2, -0.15) is 0 Å². The molecule has 1 aliphatic rings. The molecular weight excluding hydrogens is 268 g/mol. The fraction of sp³-hybridized carbons (Fsp3) is 0.533. The summed E-state index contributed by atoms with van der Waals surface area (Å²) in [4.78, 5) is 24.1. The molecule has 114 valence electrons. The number of hydrogen-bond donors (Lipinski definition) is 0. The van der Waals surface area contributed by atoms with Gasteiger partial charge in [0.1, 0.15) is 12.1 Å². The summed E-state index contributed by atoms with van der Waals surface area (Å²) in [5.74, 6) is 0.874. The highest BCUT2D eigenvalue weighted by atomic mass is 16.6. The minimum atomic E-state index is -0.213. The number of carbonyl (C=O) groups excluding carboxylic acids is 1. The molecule has 2 heterocycles. The highest BCUT2D eigenvalue weighted by Gasteiger charge is 2.23. The van der Waals surface area contributed by atoms with Crippen LogP contribution in [0.3, 0.4) is 0 Å². The van der Waals surface area contributed by atoms with Gasteiger partial charge >= 0.3 is 6.09 Å². The minimum absolute atomic E-state index is 0.213. The number of rotatable bonds is 5. The summed E-state index contributed by atoms with van der Waals surface area (Å²) < 4.78 is 5.23. The molecule has 1 amide bonds. The van der Waals surface area contributed by atoms with Gasteiger partial charge in [-0.3, -0.25) is 0 Å². The van der Waals surface area contributed by atoms with Crippen LogP contribution in [0.25, 0.3) is 6.08 Å². The third-order valence-electron chi connectivity index (χ3n) is 3.50. The smallest absolute Gasteiger partial charge is 0.409 e.